The van der Waals surface area contributed by atoms with E-state index < -0.39 is 29.4 Å². The van der Waals surface area contributed by atoms with E-state index in [0.717, 1.165) is 24.8 Å². The number of rotatable bonds is 1. The van der Waals surface area contributed by atoms with Crippen molar-refractivity contribution in [1.29, 1.82) is 0 Å². The maximum absolute atomic E-state index is 12.1. The summed E-state index contributed by atoms with van der Waals surface area (Å²) in [6.45, 7) is 10.4. The third-order valence-corrected chi connectivity index (χ3v) is 9.47. The third-order valence-electron chi connectivity index (χ3n) is 9.47. The molecule has 2 spiro atoms. The van der Waals surface area contributed by atoms with Gasteiger partial charge in [-0.05, 0) is 30.3 Å². The SMILES string of the molecule is C=C1C2CC3(C1O)C(C1OC21)C12CCCC(C)(C)C1C(OC(C)=O)C3(O)OC2. The lowest BCUT2D eigenvalue weighted by atomic mass is 9.36. The van der Waals surface area contributed by atoms with Gasteiger partial charge in [0.25, 0.3) is 0 Å². The van der Waals surface area contributed by atoms with Crippen LogP contribution in [0.1, 0.15) is 46.5 Å². The van der Waals surface area contributed by atoms with Gasteiger partial charge in [0.05, 0.1) is 30.3 Å². The summed E-state index contributed by atoms with van der Waals surface area (Å²) in [6, 6.07) is 0. The molecule has 10 unspecified atom stereocenters. The van der Waals surface area contributed by atoms with Crippen LogP contribution in [0, 0.1) is 34.0 Å². The van der Waals surface area contributed by atoms with Crippen molar-refractivity contribution in [3.63, 3.8) is 0 Å². The molecule has 4 bridgehead atoms. The van der Waals surface area contributed by atoms with Crippen LogP contribution in [0.4, 0.5) is 0 Å². The van der Waals surface area contributed by atoms with Gasteiger partial charge in [-0.3, -0.25) is 4.79 Å². The number of aliphatic hydroxyl groups excluding tert-OH is 1. The van der Waals surface area contributed by atoms with Crippen LogP contribution in [0.15, 0.2) is 12.2 Å². The van der Waals surface area contributed by atoms with E-state index in [-0.39, 0.29) is 40.8 Å². The van der Waals surface area contributed by atoms with Crippen LogP contribution >= 0.6 is 0 Å². The predicted octanol–water partition coefficient (Wildman–Crippen LogP) is 1.78. The van der Waals surface area contributed by atoms with Crippen LogP contribution < -0.4 is 0 Å². The first kappa shape index (κ1) is 17.9. The zero-order valence-electron chi connectivity index (χ0n) is 16.8. The number of ether oxygens (including phenoxy) is 3. The summed E-state index contributed by atoms with van der Waals surface area (Å²) < 4.78 is 18.3. The molecule has 154 valence electrons. The molecule has 2 N–H and O–H groups in total. The topological polar surface area (TPSA) is 88.5 Å². The molecule has 6 heteroatoms. The quantitative estimate of drug-likeness (QED) is 0.403. The van der Waals surface area contributed by atoms with E-state index in [2.05, 4.69) is 20.4 Å². The Bertz CT molecular complexity index is 792. The molecule has 0 aromatic heterocycles. The molecule has 28 heavy (non-hydrogen) atoms. The minimum atomic E-state index is -1.72. The summed E-state index contributed by atoms with van der Waals surface area (Å²) in [5.41, 5.74) is -0.569. The van der Waals surface area contributed by atoms with E-state index in [1.165, 1.54) is 6.92 Å². The molecule has 7 rings (SSSR count). The average Bonchev–Trinajstić information content (AvgIpc) is 3.36. The number of esters is 1. The van der Waals surface area contributed by atoms with E-state index in [0.29, 0.717) is 13.0 Å². The number of fused-ring (bicyclic) bond motifs is 4. The maximum atomic E-state index is 12.1. The second kappa shape index (κ2) is 4.85. The van der Waals surface area contributed by atoms with Crippen molar-refractivity contribution in [3.8, 4) is 0 Å². The van der Waals surface area contributed by atoms with Gasteiger partial charge in [0.2, 0.25) is 5.79 Å². The summed E-state index contributed by atoms with van der Waals surface area (Å²) >= 11 is 0. The van der Waals surface area contributed by atoms with E-state index in [4.69, 9.17) is 14.2 Å². The first-order valence-corrected chi connectivity index (χ1v) is 10.7. The zero-order chi connectivity index (χ0) is 19.9. The number of hydrogen-bond donors (Lipinski definition) is 2. The van der Waals surface area contributed by atoms with Crippen LogP contribution in [0.2, 0.25) is 0 Å². The van der Waals surface area contributed by atoms with Crippen molar-refractivity contribution in [2.45, 2.75) is 76.7 Å². The summed E-state index contributed by atoms with van der Waals surface area (Å²) in [4.78, 5) is 12.1. The Balaban J connectivity index is 1.61. The molecule has 4 aliphatic carbocycles. The van der Waals surface area contributed by atoms with E-state index in [1.54, 1.807) is 0 Å². The summed E-state index contributed by atoms with van der Waals surface area (Å²) in [7, 11) is 0. The molecule has 3 saturated heterocycles. The summed E-state index contributed by atoms with van der Waals surface area (Å²) in [6.07, 6.45) is 2.06. The Hall–Kier alpha value is -0.950. The first-order valence-electron chi connectivity index (χ1n) is 10.7. The monoisotopic (exact) mass is 390 g/mol. The molecule has 3 aliphatic heterocycles. The van der Waals surface area contributed by atoms with Gasteiger partial charge in [-0.2, -0.15) is 0 Å². The molecule has 10 atom stereocenters. The second-order valence-electron chi connectivity index (χ2n) is 10.9. The van der Waals surface area contributed by atoms with Crippen LogP contribution in [0.25, 0.3) is 0 Å². The molecule has 4 saturated carbocycles. The normalized spacial score (nSPS) is 59.9. The highest BCUT2D eigenvalue weighted by atomic mass is 16.7. The van der Waals surface area contributed by atoms with Crippen molar-refractivity contribution in [3.05, 3.63) is 12.2 Å². The fourth-order valence-electron chi connectivity index (χ4n) is 8.74. The van der Waals surface area contributed by atoms with Gasteiger partial charge in [0.1, 0.15) is 0 Å². The third kappa shape index (κ3) is 1.64. The Morgan fingerprint density at radius 3 is 2.71 bits per heavy atom. The molecule has 0 radical (unpaired) electrons. The van der Waals surface area contributed by atoms with E-state index >= 15 is 0 Å². The van der Waals surface area contributed by atoms with Crippen molar-refractivity contribution in [1.82, 2.24) is 0 Å². The average molecular weight is 390 g/mol. The van der Waals surface area contributed by atoms with Crippen molar-refractivity contribution >= 4 is 5.97 Å². The van der Waals surface area contributed by atoms with Gasteiger partial charge in [0, 0.05) is 30.1 Å². The Morgan fingerprint density at radius 1 is 1.25 bits per heavy atom. The zero-order valence-corrected chi connectivity index (χ0v) is 16.8. The van der Waals surface area contributed by atoms with Crippen molar-refractivity contribution < 1.29 is 29.2 Å². The van der Waals surface area contributed by atoms with Crippen LogP contribution in [0.5, 0.6) is 0 Å². The van der Waals surface area contributed by atoms with Crippen LogP contribution in [-0.2, 0) is 19.0 Å². The molecule has 7 aliphatic rings. The molecule has 0 aromatic carbocycles. The van der Waals surface area contributed by atoms with Crippen molar-refractivity contribution in [2.75, 3.05) is 6.61 Å². The Labute approximate surface area is 165 Å². The lowest BCUT2D eigenvalue weighted by molar-refractivity contribution is -0.455. The minimum Gasteiger partial charge on any atom is -0.456 e. The molecular formula is C22H30O6. The summed E-state index contributed by atoms with van der Waals surface area (Å²) in [5.74, 6) is -2.15. The maximum Gasteiger partial charge on any atom is 0.303 e. The van der Waals surface area contributed by atoms with Gasteiger partial charge < -0.3 is 24.4 Å². The van der Waals surface area contributed by atoms with Gasteiger partial charge in [-0.1, -0.05) is 26.8 Å². The van der Waals surface area contributed by atoms with Gasteiger partial charge >= 0.3 is 5.97 Å². The molecule has 0 aromatic rings. The summed E-state index contributed by atoms with van der Waals surface area (Å²) in [5, 5.41) is 23.5. The molecule has 6 nitrogen and oxygen atoms in total. The predicted molar refractivity (Wildman–Crippen MR) is 97.8 cm³/mol. The van der Waals surface area contributed by atoms with E-state index in [1.807, 2.05) is 0 Å². The second-order valence-corrected chi connectivity index (χ2v) is 10.9. The first-order chi connectivity index (χ1) is 13.1. The largest absolute Gasteiger partial charge is 0.456 e. The molecular weight excluding hydrogens is 360 g/mol. The molecule has 7 fully saturated rings. The van der Waals surface area contributed by atoms with Gasteiger partial charge in [-0.15, -0.1) is 0 Å². The lowest BCUT2D eigenvalue weighted by Crippen LogP contribution is -2.83. The number of aliphatic hydroxyl groups is 2. The highest BCUT2D eigenvalue weighted by Gasteiger charge is 2.88. The van der Waals surface area contributed by atoms with Crippen LogP contribution in [-0.4, -0.2) is 53.0 Å². The lowest BCUT2D eigenvalue weighted by Gasteiger charge is -2.74. The standard InChI is InChI=1S/C22H30O6/c1-10-12-8-21(17(10)24)15(14-13(12)28-14)20-7-5-6-19(3,4)16(20)18(27-11(2)23)22(21,25)26-9-20/h12-18,24-25H,1,5-9H2,2-4H3. The Morgan fingerprint density at radius 2 is 2.00 bits per heavy atom. The minimum absolute atomic E-state index is 0.00867. The Kier molecular flexibility index (Phi) is 3.10. The highest BCUT2D eigenvalue weighted by Crippen LogP contribution is 2.80. The number of carbonyl (C=O) groups excluding carboxylic acids is 1. The fourth-order valence-corrected chi connectivity index (χ4v) is 8.74. The number of hydrogen-bond acceptors (Lipinski definition) is 6. The van der Waals surface area contributed by atoms with Crippen molar-refractivity contribution in [2.24, 2.45) is 34.0 Å². The van der Waals surface area contributed by atoms with E-state index in [9.17, 15) is 15.0 Å². The van der Waals surface area contributed by atoms with Crippen LogP contribution in [0.3, 0.4) is 0 Å². The smallest absolute Gasteiger partial charge is 0.303 e. The molecule has 3 heterocycles. The molecule has 0 amide bonds. The van der Waals surface area contributed by atoms with Gasteiger partial charge in [-0.25, -0.2) is 0 Å². The number of carbonyl (C=O) groups is 1. The van der Waals surface area contributed by atoms with Gasteiger partial charge in [0.15, 0.2) is 6.10 Å². The fraction of sp³-hybridized carbons (Fsp3) is 0.864. The highest BCUT2D eigenvalue weighted by molar-refractivity contribution is 5.66. The number of epoxide rings is 1.